The highest BCUT2D eigenvalue weighted by atomic mass is 15.2. The van der Waals surface area contributed by atoms with E-state index in [-0.39, 0.29) is 0 Å². The van der Waals surface area contributed by atoms with Gasteiger partial charge in [0.1, 0.15) is 5.69 Å². The normalized spacial score (nSPS) is 11.3. The second-order valence-corrected chi connectivity index (χ2v) is 9.07. The highest BCUT2D eigenvalue weighted by molar-refractivity contribution is 6.00. The number of benzene rings is 1. The number of rotatable bonds is 6. The maximum atomic E-state index is 4.65. The predicted molar refractivity (Wildman–Crippen MR) is 149 cm³/mol. The molecule has 6 heterocycles. The molecule has 0 saturated heterocycles. The van der Waals surface area contributed by atoms with E-state index in [1.165, 1.54) is 5.56 Å². The third-order valence-corrected chi connectivity index (χ3v) is 6.60. The summed E-state index contributed by atoms with van der Waals surface area (Å²) in [5, 5.41) is 13.1. The van der Waals surface area contributed by atoms with Crippen molar-refractivity contribution in [2.75, 3.05) is 5.32 Å². The summed E-state index contributed by atoms with van der Waals surface area (Å²) in [6.07, 6.45) is 12.8. The number of hydrogen-bond donors (Lipinski definition) is 3. The van der Waals surface area contributed by atoms with E-state index in [1.807, 2.05) is 67.5 Å². The van der Waals surface area contributed by atoms with Gasteiger partial charge >= 0.3 is 0 Å². The molecule has 1 aromatic carbocycles. The zero-order valence-electron chi connectivity index (χ0n) is 20.3. The molecule has 0 spiro atoms. The zero-order valence-corrected chi connectivity index (χ0v) is 20.3. The van der Waals surface area contributed by atoms with Gasteiger partial charge in [0.15, 0.2) is 5.65 Å². The van der Waals surface area contributed by atoms with Crippen LogP contribution in [0, 0.1) is 0 Å². The van der Waals surface area contributed by atoms with E-state index < -0.39 is 0 Å². The van der Waals surface area contributed by atoms with Crippen LogP contribution in [0.1, 0.15) is 5.56 Å². The quantitative estimate of drug-likeness (QED) is 0.253. The van der Waals surface area contributed by atoms with Crippen LogP contribution in [0.2, 0.25) is 0 Å². The summed E-state index contributed by atoms with van der Waals surface area (Å²) >= 11 is 0. The molecule has 38 heavy (non-hydrogen) atoms. The van der Waals surface area contributed by atoms with E-state index in [4.69, 9.17) is 0 Å². The minimum atomic E-state index is 0.722. The molecule has 0 aliphatic rings. The van der Waals surface area contributed by atoms with Crippen LogP contribution in [-0.4, -0.2) is 35.1 Å². The molecule has 0 unspecified atom stereocenters. The first kappa shape index (κ1) is 21.9. The number of nitrogens with one attached hydrogen (secondary N) is 3. The van der Waals surface area contributed by atoms with E-state index in [1.54, 1.807) is 6.20 Å². The zero-order chi connectivity index (χ0) is 25.3. The topological polar surface area (TPSA) is 108 Å². The molecule has 0 fully saturated rings. The van der Waals surface area contributed by atoms with Gasteiger partial charge in [0.2, 0.25) is 0 Å². The number of pyridine rings is 4. The fourth-order valence-electron chi connectivity index (χ4n) is 4.69. The molecule has 0 aliphatic heterocycles. The van der Waals surface area contributed by atoms with E-state index >= 15 is 0 Å². The lowest BCUT2D eigenvalue weighted by molar-refractivity contribution is 1.10. The number of aromatic nitrogens is 7. The first-order valence-corrected chi connectivity index (χ1v) is 12.3. The average molecular weight is 495 g/mol. The van der Waals surface area contributed by atoms with Gasteiger partial charge in [-0.1, -0.05) is 36.4 Å². The van der Waals surface area contributed by atoms with Gasteiger partial charge in [-0.3, -0.25) is 20.1 Å². The molecule has 0 bridgehead atoms. The Morgan fingerprint density at radius 1 is 0.711 bits per heavy atom. The van der Waals surface area contributed by atoms with Crippen molar-refractivity contribution in [1.29, 1.82) is 0 Å². The lowest BCUT2D eigenvalue weighted by Crippen LogP contribution is -1.99. The van der Waals surface area contributed by atoms with E-state index in [2.05, 4.69) is 70.8 Å². The van der Waals surface area contributed by atoms with Crippen molar-refractivity contribution in [3.05, 3.63) is 110 Å². The van der Waals surface area contributed by atoms with Gasteiger partial charge in [0.25, 0.3) is 0 Å². The first-order valence-electron chi connectivity index (χ1n) is 12.3. The third kappa shape index (κ3) is 4.04. The number of nitrogens with zero attached hydrogens (tertiary/aromatic N) is 5. The molecule has 7 rings (SSSR count). The number of fused-ring (bicyclic) bond motifs is 2. The van der Waals surface area contributed by atoms with Crippen LogP contribution in [0.3, 0.4) is 0 Å². The van der Waals surface area contributed by atoms with E-state index in [9.17, 15) is 0 Å². The van der Waals surface area contributed by atoms with Crippen molar-refractivity contribution in [3.8, 4) is 33.6 Å². The summed E-state index contributed by atoms with van der Waals surface area (Å²) in [7, 11) is 0. The number of aromatic amines is 2. The summed E-state index contributed by atoms with van der Waals surface area (Å²) in [6, 6.07) is 20.6. The molecule has 8 nitrogen and oxygen atoms in total. The molecule has 8 heteroatoms. The Kier molecular flexibility index (Phi) is 5.33. The summed E-state index contributed by atoms with van der Waals surface area (Å²) in [4.78, 5) is 21.3. The van der Waals surface area contributed by atoms with Crippen LogP contribution in [0.25, 0.3) is 55.6 Å². The maximum absolute atomic E-state index is 4.65. The van der Waals surface area contributed by atoms with E-state index in [0.717, 1.165) is 67.8 Å². The lowest BCUT2D eigenvalue weighted by Gasteiger charge is -2.08. The summed E-state index contributed by atoms with van der Waals surface area (Å²) in [5.41, 5.74) is 9.47. The van der Waals surface area contributed by atoms with Crippen molar-refractivity contribution in [2.24, 2.45) is 0 Å². The summed E-state index contributed by atoms with van der Waals surface area (Å²) in [6.45, 7) is 0.728. The monoisotopic (exact) mass is 494 g/mol. The van der Waals surface area contributed by atoms with Gasteiger partial charge in [0, 0.05) is 76.8 Å². The Balaban J connectivity index is 1.24. The SMILES string of the molecule is c1ccc(CNc2cncc(-c3cnc4[nH]nc(-c5cc6c(-c7cccnc7)cncc6[nH]5)c4c3)c2)cc1. The fraction of sp³-hybridized carbons (Fsp3) is 0.0333. The molecular formula is C30H22N8. The fourth-order valence-corrected chi connectivity index (χ4v) is 4.69. The summed E-state index contributed by atoms with van der Waals surface area (Å²) in [5.74, 6) is 0. The molecule has 0 atom stereocenters. The molecule has 7 aromatic rings. The van der Waals surface area contributed by atoms with Crippen LogP contribution in [-0.2, 0) is 6.54 Å². The Hall–Kier alpha value is -5.37. The van der Waals surface area contributed by atoms with Gasteiger partial charge in [-0.25, -0.2) is 4.98 Å². The van der Waals surface area contributed by atoms with Gasteiger partial charge in [-0.05, 0) is 29.8 Å². The highest BCUT2D eigenvalue weighted by Gasteiger charge is 2.15. The Morgan fingerprint density at radius 2 is 1.58 bits per heavy atom. The minimum Gasteiger partial charge on any atom is -0.380 e. The van der Waals surface area contributed by atoms with Crippen molar-refractivity contribution < 1.29 is 0 Å². The molecular weight excluding hydrogens is 472 g/mol. The van der Waals surface area contributed by atoms with Gasteiger partial charge in [-0.15, -0.1) is 0 Å². The predicted octanol–water partition coefficient (Wildman–Crippen LogP) is 6.24. The Labute approximate surface area is 217 Å². The van der Waals surface area contributed by atoms with Crippen molar-refractivity contribution in [3.63, 3.8) is 0 Å². The van der Waals surface area contributed by atoms with Crippen LogP contribution >= 0.6 is 0 Å². The maximum Gasteiger partial charge on any atom is 0.155 e. The second-order valence-electron chi connectivity index (χ2n) is 9.07. The number of hydrogen-bond acceptors (Lipinski definition) is 6. The lowest BCUT2D eigenvalue weighted by atomic mass is 10.1. The van der Waals surface area contributed by atoms with Gasteiger partial charge < -0.3 is 10.3 Å². The van der Waals surface area contributed by atoms with Crippen LogP contribution < -0.4 is 5.32 Å². The molecule has 0 amide bonds. The standard InChI is InChI=1S/C30H22N8/c1-2-5-19(6-3-1)12-34-23-9-21(14-32-16-23)22-10-25-29(37-38-30(25)35-15-22)27-11-24-26(17-33-18-28(24)36-27)20-7-4-8-31-13-20/h1-11,13-18,34,36H,12H2,(H,35,37,38). The minimum absolute atomic E-state index is 0.722. The van der Waals surface area contributed by atoms with Crippen LogP contribution in [0.4, 0.5) is 5.69 Å². The molecule has 0 radical (unpaired) electrons. The van der Waals surface area contributed by atoms with Crippen LogP contribution in [0.15, 0.2) is 104 Å². The summed E-state index contributed by atoms with van der Waals surface area (Å²) < 4.78 is 0. The molecule has 3 N–H and O–H groups in total. The Bertz CT molecular complexity index is 1870. The molecule has 182 valence electrons. The largest absolute Gasteiger partial charge is 0.380 e. The average Bonchev–Trinajstić information content (AvgIpc) is 3.61. The van der Waals surface area contributed by atoms with Crippen LogP contribution in [0.5, 0.6) is 0 Å². The van der Waals surface area contributed by atoms with Gasteiger partial charge in [0.05, 0.1) is 23.1 Å². The Morgan fingerprint density at radius 3 is 2.47 bits per heavy atom. The number of H-pyrrole nitrogens is 2. The number of anilines is 1. The van der Waals surface area contributed by atoms with E-state index in [0.29, 0.717) is 0 Å². The van der Waals surface area contributed by atoms with Crippen molar-refractivity contribution in [2.45, 2.75) is 6.54 Å². The molecule has 6 aromatic heterocycles. The molecule has 0 saturated carbocycles. The van der Waals surface area contributed by atoms with Crippen molar-refractivity contribution in [1.82, 2.24) is 35.1 Å². The van der Waals surface area contributed by atoms with Crippen molar-refractivity contribution >= 4 is 27.6 Å². The third-order valence-electron chi connectivity index (χ3n) is 6.60. The molecule has 0 aliphatic carbocycles. The highest BCUT2D eigenvalue weighted by Crippen LogP contribution is 2.34. The van der Waals surface area contributed by atoms with Gasteiger partial charge in [-0.2, -0.15) is 5.10 Å². The second kappa shape index (κ2) is 9.25. The first-order chi connectivity index (χ1) is 18.8. The smallest absolute Gasteiger partial charge is 0.155 e.